The van der Waals surface area contributed by atoms with Crippen LogP contribution in [-0.2, 0) is 15.1 Å². The Morgan fingerprint density at radius 3 is 3.00 bits per heavy atom. The number of ether oxygens (including phenoxy) is 1. The number of nitrogens with one attached hydrogen (secondary N) is 2. The molecule has 1 fully saturated rings. The summed E-state index contributed by atoms with van der Waals surface area (Å²) in [5, 5.41) is 6.50. The second-order valence-electron chi connectivity index (χ2n) is 6.83. The van der Waals surface area contributed by atoms with Gasteiger partial charge in [-0.15, -0.1) is 0 Å². The number of hydrogen-bond acceptors (Lipinski definition) is 6. The van der Waals surface area contributed by atoms with Gasteiger partial charge >= 0.3 is 0 Å². The third-order valence-electron chi connectivity index (χ3n) is 4.76. The van der Waals surface area contributed by atoms with Crippen molar-refractivity contribution in [2.24, 2.45) is 10.7 Å². The van der Waals surface area contributed by atoms with Gasteiger partial charge in [0.15, 0.2) is 5.17 Å². The SMILES string of the molecule is C[C@@]1(c2cc(NC(=O)COC3CCNCC3)ccc2F)CCSC(N)=N1. The topological polar surface area (TPSA) is 88.7 Å². The van der Waals surface area contributed by atoms with E-state index in [2.05, 4.69) is 15.6 Å². The number of halogens is 1. The lowest BCUT2D eigenvalue weighted by molar-refractivity contribution is -0.123. The molecule has 2 heterocycles. The largest absolute Gasteiger partial charge is 0.379 e. The number of benzene rings is 1. The highest BCUT2D eigenvalue weighted by Gasteiger charge is 2.32. The van der Waals surface area contributed by atoms with Crippen LogP contribution in [0.1, 0.15) is 31.7 Å². The van der Waals surface area contributed by atoms with Gasteiger partial charge in [-0.25, -0.2) is 4.39 Å². The summed E-state index contributed by atoms with van der Waals surface area (Å²) in [4.78, 5) is 16.6. The normalized spacial score (nSPS) is 24.2. The number of carbonyl (C=O) groups is 1. The van der Waals surface area contributed by atoms with Crippen molar-refractivity contribution in [3.8, 4) is 0 Å². The van der Waals surface area contributed by atoms with E-state index in [9.17, 15) is 9.18 Å². The lowest BCUT2D eigenvalue weighted by atomic mass is 9.89. The van der Waals surface area contributed by atoms with E-state index in [1.54, 1.807) is 12.1 Å². The molecule has 0 saturated carbocycles. The smallest absolute Gasteiger partial charge is 0.250 e. The highest BCUT2D eigenvalue weighted by molar-refractivity contribution is 8.13. The molecular formula is C18H25FN4O2S. The van der Waals surface area contributed by atoms with Crippen LogP contribution >= 0.6 is 11.8 Å². The van der Waals surface area contributed by atoms with Crippen LogP contribution in [0.15, 0.2) is 23.2 Å². The first-order chi connectivity index (χ1) is 12.5. The summed E-state index contributed by atoms with van der Waals surface area (Å²) in [5.74, 6) is 0.194. The zero-order valence-electron chi connectivity index (χ0n) is 14.9. The molecule has 26 heavy (non-hydrogen) atoms. The van der Waals surface area contributed by atoms with Crippen molar-refractivity contribution in [2.45, 2.75) is 37.8 Å². The van der Waals surface area contributed by atoms with Crippen LogP contribution in [0, 0.1) is 5.82 Å². The number of rotatable bonds is 5. The molecule has 2 aliphatic heterocycles. The molecule has 0 aliphatic carbocycles. The number of nitrogens with two attached hydrogens (primary N) is 1. The van der Waals surface area contributed by atoms with Gasteiger partial charge in [-0.1, -0.05) is 11.8 Å². The van der Waals surface area contributed by atoms with Gasteiger partial charge in [0, 0.05) is 17.0 Å². The molecule has 0 aromatic heterocycles. The van der Waals surface area contributed by atoms with Crippen LogP contribution in [0.3, 0.4) is 0 Å². The fourth-order valence-electron chi connectivity index (χ4n) is 3.25. The summed E-state index contributed by atoms with van der Waals surface area (Å²) in [7, 11) is 0. The number of carbonyl (C=O) groups excluding carboxylic acids is 1. The molecule has 6 nitrogen and oxygen atoms in total. The molecule has 4 N–H and O–H groups in total. The third-order valence-corrected chi connectivity index (χ3v) is 5.56. The molecule has 8 heteroatoms. The summed E-state index contributed by atoms with van der Waals surface area (Å²) >= 11 is 1.47. The first-order valence-electron chi connectivity index (χ1n) is 8.86. The maximum Gasteiger partial charge on any atom is 0.250 e. The Balaban J connectivity index is 1.65. The molecule has 1 amide bonds. The maximum atomic E-state index is 14.4. The Labute approximate surface area is 157 Å². The van der Waals surface area contributed by atoms with Crippen LogP contribution < -0.4 is 16.4 Å². The Kier molecular flexibility index (Phi) is 6.16. The fourth-order valence-corrected chi connectivity index (χ4v) is 4.22. The molecule has 1 atom stereocenters. The summed E-state index contributed by atoms with van der Waals surface area (Å²) in [6.45, 7) is 3.68. The van der Waals surface area contributed by atoms with E-state index in [1.807, 2.05) is 6.92 Å². The second kappa shape index (κ2) is 8.37. The van der Waals surface area contributed by atoms with Crippen LogP contribution in [0.25, 0.3) is 0 Å². The monoisotopic (exact) mass is 380 g/mol. The number of hydrogen-bond donors (Lipinski definition) is 3. The van der Waals surface area contributed by atoms with Crippen LogP contribution in [0.5, 0.6) is 0 Å². The van der Waals surface area contributed by atoms with Crippen LogP contribution in [0.2, 0.25) is 0 Å². The first kappa shape index (κ1) is 19.1. The molecule has 2 aliphatic rings. The van der Waals surface area contributed by atoms with Crippen molar-refractivity contribution in [3.63, 3.8) is 0 Å². The molecule has 142 valence electrons. The van der Waals surface area contributed by atoms with Crippen molar-refractivity contribution in [2.75, 3.05) is 30.8 Å². The first-order valence-corrected chi connectivity index (χ1v) is 9.85. The van der Waals surface area contributed by atoms with Gasteiger partial charge in [0.25, 0.3) is 0 Å². The predicted octanol–water partition coefficient (Wildman–Crippen LogP) is 2.20. The average Bonchev–Trinajstić information content (AvgIpc) is 2.62. The van der Waals surface area contributed by atoms with Gasteiger partial charge in [0.2, 0.25) is 5.91 Å². The van der Waals surface area contributed by atoms with E-state index in [-0.39, 0.29) is 24.4 Å². The summed E-state index contributed by atoms with van der Waals surface area (Å²) in [6, 6.07) is 4.55. The average molecular weight is 380 g/mol. The van der Waals surface area contributed by atoms with Crippen molar-refractivity contribution < 1.29 is 13.9 Å². The molecule has 1 saturated heterocycles. The molecule has 0 spiro atoms. The van der Waals surface area contributed by atoms with Crippen molar-refractivity contribution in [1.29, 1.82) is 0 Å². The summed E-state index contributed by atoms with van der Waals surface area (Å²) in [6.07, 6.45) is 2.61. The zero-order chi connectivity index (χ0) is 18.6. The summed E-state index contributed by atoms with van der Waals surface area (Å²) in [5.41, 5.74) is 6.09. The minimum Gasteiger partial charge on any atom is -0.379 e. The minimum absolute atomic E-state index is 0.00359. The van der Waals surface area contributed by atoms with Gasteiger partial charge in [0.05, 0.1) is 11.6 Å². The molecule has 3 rings (SSSR count). The Morgan fingerprint density at radius 2 is 2.27 bits per heavy atom. The second-order valence-corrected chi connectivity index (χ2v) is 7.94. The van der Waals surface area contributed by atoms with E-state index in [4.69, 9.17) is 10.5 Å². The Hall–Kier alpha value is -1.64. The van der Waals surface area contributed by atoms with Gasteiger partial charge in [-0.3, -0.25) is 9.79 Å². The summed E-state index contributed by atoms with van der Waals surface area (Å²) < 4.78 is 20.0. The van der Waals surface area contributed by atoms with E-state index >= 15 is 0 Å². The Morgan fingerprint density at radius 1 is 1.50 bits per heavy atom. The number of amidine groups is 1. The lowest BCUT2D eigenvalue weighted by Crippen LogP contribution is -2.34. The van der Waals surface area contributed by atoms with Gasteiger partial charge in [-0.2, -0.15) is 0 Å². The molecule has 0 radical (unpaired) electrons. The van der Waals surface area contributed by atoms with E-state index in [0.717, 1.165) is 31.7 Å². The number of thioether (sulfide) groups is 1. The van der Waals surface area contributed by atoms with Crippen molar-refractivity contribution >= 4 is 28.5 Å². The van der Waals surface area contributed by atoms with Gasteiger partial charge in [0.1, 0.15) is 12.4 Å². The minimum atomic E-state index is -0.717. The number of amides is 1. The molecular weight excluding hydrogens is 355 g/mol. The van der Waals surface area contributed by atoms with E-state index in [1.165, 1.54) is 17.8 Å². The molecule has 0 unspecified atom stereocenters. The number of anilines is 1. The molecule has 1 aromatic carbocycles. The fraction of sp³-hybridized carbons (Fsp3) is 0.556. The van der Waals surface area contributed by atoms with E-state index in [0.29, 0.717) is 22.8 Å². The third kappa shape index (κ3) is 4.75. The van der Waals surface area contributed by atoms with Crippen LogP contribution in [0.4, 0.5) is 10.1 Å². The Bertz CT molecular complexity index is 694. The van der Waals surface area contributed by atoms with Gasteiger partial charge in [-0.05, 0) is 57.5 Å². The number of nitrogens with zero attached hydrogens (tertiary/aromatic N) is 1. The maximum absolute atomic E-state index is 14.4. The zero-order valence-corrected chi connectivity index (χ0v) is 15.7. The molecule has 1 aromatic rings. The molecule has 0 bridgehead atoms. The van der Waals surface area contributed by atoms with Gasteiger partial charge < -0.3 is 21.1 Å². The van der Waals surface area contributed by atoms with E-state index < -0.39 is 5.54 Å². The van der Waals surface area contributed by atoms with Crippen molar-refractivity contribution in [3.05, 3.63) is 29.6 Å². The predicted molar refractivity (Wildman–Crippen MR) is 103 cm³/mol. The van der Waals surface area contributed by atoms with Crippen molar-refractivity contribution in [1.82, 2.24) is 5.32 Å². The van der Waals surface area contributed by atoms with Crippen LogP contribution in [-0.4, -0.2) is 42.6 Å². The number of aliphatic imine (C=N–C) groups is 1. The highest BCUT2D eigenvalue weighted by Crippen LogP contribution is 2.37. The lowest BCUT2D eigenvalue weighted by Gasteiger charge is -2.30. The highest BCUT2D eigenvalue weighted by atomic mass is 32.2. The quantitative estimate of drug-likeness (QED) is 0.729. The number of piperidine rings is 1. The standard InChI is InChI=1S/C18H25FN4O2S/c1-18(6-9-26-17(20)23-18)14-10-12(2-3-15(14)19)22-16(24)11-25-13-4-7-21-8-5-13/h2-3,10,13,21H,4-9,11H2,1H3,(H2,20,23)(H,22,24)/t18-/m0/s1.